The monoisotopic (exact) mass is 435 g/mol. The summed E-state index contributed by atoms with van der Waals surface area (Å²) in [4.78, 5) is 4.83. The van der Waals surface area contributed by atoms with E-state index >= 15 is 0 Å². The molecule has 1 aliphatic rings. The number of hydrogen-bond acceptors (Lipinski definition) is 2. The second-order valence-corrected chi connectivity index (χ2v) is 11.1. The average molecular weight is 436 g/mol. The van der Waals surface area contributed by atoms with E-state index in [9.17, 15) is 0 Å². The van der Waals surface area contributed by atoms with E-state index in [0.717, 1.165) is 38.9 Å². The second-order valence-electron chi connectivity index (χ2n) is 11.1. The van der Waals surface area contributed by atoms with Crippen LogP contribution in [-0.2, 0) is 17.9 Å². The maximum Gasteiger partial charge on any atom is 0.216 e. The molecule has 1 aliphatic carbocycles. The molecular formula is C30H31N2O+. The molecular weight excluding hydrogens is 404 g/mol. The summed E-state index contributed by atoms with van der Waals surface area (Å²) in [5.74, 6) is 0. The number of aromatic nitrogens is 2. The van der Waals surface area contributed by atoms with Gasteiger partial charge in [-0.25, -0.2) is 4.57 Å². The lowest BCUT2D eigenvalue weighted by atomic mass is 9.62. The van der Waals surface area contributed by atoms with Gasteiger partial charge in [0.25, 0.3) is 0 Å². The zero-order valence-corrected chi connectivity index (χ0v) is 20.4. The first kappa shape index (κ1) is 20.4. The van der Waals surface area contributed by atoms with Crippen molar-refractivity contribution in [3.63, 3.8) is 0 Å². The van der Waals surface area contributed by atoms with Crippen LogP contribution in [0.3, 0.4) is 0 Å². The van der Waals surface area contributed by atoms with Gasteiger partial charge < -0.3 is 4.42 Å². The van der Waals surface area contributed by atoms with Gasteiger partial charge in [-0.1, -0.05) is 39.8 Å². The molecule has 0 unspecified atom stereocenters. The van der Waals surface area contributed by atoms with Gasteiger partial charge in [0.15, 0.2) is 11.8 Å². The molecule has 0 spiro atoms. The van der Waals surface area contributed by atoms with Crippen LogP contribution in [0.25, 0.3) is 44.1 Å². The van der Waals surface area contributed by atoms with Gasteiger partial charge in [-0.3, -0.25) is 4.98 Å². The van der Waals surface area contributed by atoms with Gasteiger partial charge in [-0.15, -0.1) is 0 Å². The molecule has 6 rings (SSSR count). The van der Waals surface area contributed by atoms with E-state index < -0.39 is 0 Å². The van der Waals surface area contributed by atoms with E-state index in [1.165, 1.54) is 34.7 Å². The van der Waals surface area contributed by atoms with Gasteiger partial charge in [-0.05, 0) is 76.3 Å². The Kier molecular flexibility index (Phi) is 4.12. The van der Waals surface area contributed by atoms with Crippen LogP contribution >= 0.6 is 0 Å². The molecule has 0 N–H and O–H groups in total. The molecule has 0 saturated carbocycles. The molecule has 33 heavy (non-hydrogen) atoms. The van der Waals surface area contributed by atoms with Crippen LogP contribution in [0.4, 0.5) is 0 Å². The number of aryl methyl sites for hydroxylation is 2. The van der Waals surface area contributed by atoms with Gasteiger partial charge >= 0.3 is 0 Å². The van der Waals surface area contributed by atoms with E-state index in [1.54, 1.807) is 0 Å². The van der Waals surface area contributed by atoms with Crippen molar-refractivity contribution in [1.82, 2.24) is 4.98 Å². The molecule has 0 amide bonds. The Balaban J connectivity index is 1.72. The first-order chi connectivity index (χ1) is 15.7. The Morgan fingerprint density at radius 3 is 2.52 bits per heavy atom. The molecule has 0 bridgehead atoms. The third-order valence-corrected chi connectivity index (χ3v) is 7.90. The summed E-state index contributed by atoms with van der Waals surface area (Å²) in [5.41, 5.74) is 9.39. The molecule has 0 radical (unpaired) electrons. The van der Waals surface area contributed by atoms with Gasteiger partial charge in [-0.2, -0.15) is 0 Å². The van der Waals surface area contributed by atoms with E-state index in [0.29, 0.717) is 0 Å². The summed E-state index contributed by atoms with van der Waals surface area (Å²) < 4.78 is 8.76. The average Bonchev–Trinajstić information content (AvgIpc) is 3.13. The molecule has 5 aromatic rings. The Labute approximate surface area is 195 Å². The number of pyridine rings is 2. The van der Waals surface area contributed by atoms with E-state index in [1.807, 2.05) is 6.20 Å². The maximum atomic E-state index is 6.62. The lowest BCUT2D eigenvalue weighted by Gasteiger charge is -2.42. The zero-order chi connectivity index (χ0) is 23.1. The first-order valence-electron chi connectivity index (χ1n) is 11.9. The topological polar surface area (TPSA) is 29.9 Å². The number of hydrogen-bond donors (Lipinski definition) is 0. The molecule has 166 valence electrons. The highest BCUT2D eigenvalue weighted by atomic mass is 16.3. The predicted octanol–water partition coefficient (Wildman–Crippen LogP) is 7.28. The number of benzene rings is 2. The van der Waals surface area contributed by atoms with Crippen molar-refractivity contribution < 1.29 is 8.98 Å². The maximum absolute atomic E-state index is 6.62. The van der Waals surface area contributed by atoms with Gasteiger partial charge in [0.05, 0.1) is 5.56 Å². The lowest BCUT2D eigenvalue weighted by molar-refractivity contribution is -0.660. The van der Waals surface area contributed by atoms with Crippen LogP contribution in [0.1, 0.15) is 57.2 Å². The summed E-state index contributed by atoms with van der Waals surface area (Å²) in [5, 5.41) is 3.68. The van der Waals surface area contributed by atoms with Crippen molar-refractivity contribution in [1.29, 1.82) is 0 Å². The number of nitrogens with zero attached hydrogens (tertiary/aromatic N) is 2. The van der Waals surface area contributed by atoms with Crippen molar-refractivity contribution in [2.24, 2.45) is 7.05 Å². The molecule has 0 aliphatic heterocycles. The first-order valence-corrected chi connectivity index (χ1v) is 11.9. The highest BCUT2D eigenvalue weighted by Gasteiger charge is 2.38. The number of fused-ring (bicyclic) bond motifs is 6. The minimum absolute atomic E-state index is 0.141. The van der Waals surface area contributed by atoms with Crippen LogP contribution in [0, 0.1) is 6.92 Å². The molecule has 3 heterocycles. The number of furan rings is 1. The van der Waals surface area contributed by atoms with Crippen LogP contribution < -0.4 is 4.57 Å². The minimum atomic E-state index is 0.141. The fraction of sp³-hybridized carbons (Fsp3) is 0.333. The molecule has 0 fully saturated rings. The third kappa shape index (κ3) is 2.88. The third-order valence-electron chi connectivity index (χ3n) is 7.90. The van der Waals surface area contributed by atoms with Crippen LogP contribution in [0.2, 0.25) is 0 Å². The highest BCUT2D eigenvalue weighted by Crippen LogP contribution is 2.49. The molecule has 0 saturated heterocycles. The molecule has 3 heteroatoms. The largest absolute Gasteiger partial charge is 0.453 e. The van der Waals surface area contributed by atoms with Crippen LogP contribution in [0.5, 0.6) is 0 Å². The van der Waals surface area contributed by atoms with Crippen molar-refractivity contribution in [3.8, 4) is 11.3 Å². The standard InChI is InChI=1S/C30H31N2O/c1-18-17-31-27-21-15-19-10-11-22-26(30(4,5)13-12-29(22,2)3)20(19)16-24(21)33-28(27)25(18)23-9-7-8-14-32(23)6/h7-11,14-17H,12-13H2,1-6H3/q+1. The molecule has 0 atom stereocenters. The van der Waals surface area contributed by atoms with Gasteiger partial charge in [0.2, 0.25) is 5.69 Å². The fourth-order valence-electron chi connectivity index (χ4n) is 5.88. The normalized spacial score (nSPS) is 17.0. The van der Waals surface area contributed by atoms with Crippen molar-refractivity contribution in [2.45, 2.75) is 58.3 Å². The SMILES string of the molecule is Cc1cnc2c(oc3cc4c5c(ccc4cc32)C(C)(C)CCC5(C)C)c1-c1cccc[n+]1C. The summed E-state index contributed by atoms with van der Waals surface area (Å²) in [6, 6.07) is 15.5. The quantitative estimate of drug-likeness (QED) is 0.259. The fourth-order valence-corrected chi connectivity index (χ4v) is 5.88. The number of rotatable bonds is 1. The van der Waals surface area contributed by atoms with Crippen molar-refractivity contribution in [2.75, 3.05) is 0 Å². The summed E-state index contributed by atoms with van der Waals surface area (Å²) >= 11 is 0. The van der Waals surface area contributed by atoms with Crippen molar-refractivity contribution in [3.05, 3.63) is 71.5 Å². The van der Waals surface area contributed by atoms with E-state index in [-0.39, 0.29) is 10.8 Å². The molecule has 3 nitrogen and oxygen atoms in total. The predicted molar refractivity (Wildman–Crippen MR) is 136 cm³/mol. The zero-order valence-electron chi connectivity index (χ0n) is 20.4. The highest BCUT2D eigenvalue weighted by molar-refractivity contribution is 6.12. The lowest BCUT2D eigenvalue weighted by Crippen LogP contribution is -2.34. The molecule has 3 aromatic heterocycles. The van der Waals surface area contributed by atoms with Crippen LogP contribution in [-0.4, -0.2) is 4.98 Å². The van der Waals surface area contributed by atoms with Crippen LogP contribution in [0.15, 0.2) is 59.3 Å². The van der Waals surface area contributed by atoms with E-state index in [4.69, 9.17) is 9.40 Å². The van der Waals surface area contributed by atoms with Gasteiger partial charge in [0, 0.05) is 23.7 Å². The second kappa shape index (κ2) is 6.66. The van der Waals surface area contributed by atoms with Crippen molar-refractivity contribution >= 4 is 32.8 Å². The summed E-state index contributed by atoms with van der Waals surface area (Å²) in [7, 11) is 2.08. The smallest absolute Gasteiger partial charge is 0.216 e. The Bertz CT molecular complexity index is 1590. The molecule has 2 aromatic carbocycles. The Hall–Kier alpha value is -3.20. The minimum Gasteiger partial charge on any atom is -0.453 e. The Morgan fingerprint density at radius 1 is 0.939 bits per heavy atom. The summed E-state index contributed by atoms with van der Waals surface area (Å²) in [6.45, 7) is 11.7. The Morgan fingerprint density at radius 2 is 1.73 bits per heavy atom. The van der Waals surface area contributed by atoms with E-state index in [2.05, 4.69) is 94.9 Å². The summed E-state index contributed by atoms with van der Waals surface area (Å²) in [6.07, 6.45) is 6.46. The van der Waals surface area contributed by atoms with Gasteiger partial charge in [0.1, 0.15) is 18.1 Å².